The average molecular weight is 431 g/mol. The van der Waals surface area contributed by atoms with Crippen molar-refractivity contribution in [3.63, 3.8) is 0 Å². The predicted octanol–water partition coefficient (Wildman–Crippen LogP) is 5.27. The normalized spacial score (nSPS) is 11.7. The maximum absolute atomic E-state index is 12.8. The maximum atomic E-state index is 12.8. The number of aryl methyl sites for hydroxylation is 1. The minimum atomic E-state index is -0.873. The largest absolute Gasteiger partial charge is 0.297 e. The molecule has 4 rings (SSSR count). The Balaban J connectivity index is 1.48. The summed E-state index contributed by atoms with van der Waals surface area (Å²) in [4.78, 5) is 21.7. The zero-order valence-corrected chi connectivity index (χ0v) is 17.9. The fourth-order valence-electron chi connectivity index (χ4n) is 3.06. The van der Waals surface area contributed by atoms with Crippen molar-refractivity contribution in [3.05, 3.63) is 82.9 Å². The molecule has 0 fully saturated rings. The lowest BCUT2D eigenvalue weighted by molar-refractivity contribution is -0.116. The molecule has 2 aromatic heterocycles. The molecule has 148 valence electrons. The molecule has 1 atom stereocenters. The number of hydrogen-bond donors (Lipinski definition) is 0. The Morgan fingerprint density at radius 2 is 1.97 bits per heavy atom. The van der Waals surface area contributed by atoms with Gasteiger partial charge in [0, 0.05) is 23.3 Å². The minimum absolute atomic E-state index is 0.154. The van der Waals surface area contributed by atoms with Crippen LogP contribution in [-0.2, 0) is 4.79 Å². The van der Waals surface area contributed by atoms with Crippen LogP contribution in [0.15, 0.2) is 77.5 Å². The van der Waals surface area contributed by atoms with Gasteiger partial charge in [-0.2, -0.15) is 5.26 Å². The zero-order chi connectivity index (χ0) is 20.9. The van der Waals surface area contributed by atoms with Gasteiger partial charge in [0.25, 0.3) is 0 Å². The molecule has 0 amide bonds. The molecule has 4 aromatic rings. The Labute approximate surface area is 183 Å². The summed E-state index contributed by atoms with van der Waals surface area (Å²) in [5.74, 6) is -0.890. The molecule has 2 heterocycles. The molecule has 5 nitrogen and oxygen atoms in total. The number of imidazole rings is 1. The average Bonchev–Trinajstić information content (AvgIpc) is 3.44. The first-order valence-electron chi connectivity index (χ1n) is 9.32. The monoisotopic (exact) mass is 430 g/mol. The number of para-hydroxylation sites is 1. The lowest BCUT2D eigenvalue weighted by atomic mass is 10.1. The number of thioether (sulfide) groups is 1. The second-order valence-electron chi connectivity index (χ2n) is 6.62. The minimum Gasteiger partial charge on any atom is -0.297 e. The first kappa shape index (κ1) is 20.1. The number of rotatable bonds is 7. The van der Waals surface area contributed by atoms with Gasteiger partial charge in [-0.3, -0.25) is 9.36 Å². The third kappa shape index (κ3) is 4.20. The molecule has 0 N–H and O–H groups in total. The fourth-order valence-corrected chi connectivity index (χ4v) is 4.82. The molecule has 0 aliphatic carbocycles. The summed E-state index contributed by atoms with van der Waals surface area (Å²) in [5.41, 5.74) is 3.90. The number of Topliss-reactive ketones (excluding diaryl/α,β-unsaturated/α-hetero) is 1. The molecule has 0 saturated heterocycles. The van der Waals surface area contributed by atoms with Crippen molar-refractivity contribution in [1.82, 2.24) is 14.5 Å². The molecule has 0 aliphatic rings. The lowest BCUT2D eigenvalue weighted by Gasteiger charge is -2.10. The van der Waals surface area contributed by atoms with E-state index in [2.05, 4.69) is 16.0 Å². The van der Waals surface area contributed by atoms with Crippen molar-refractivity contribution < 1.29 is 4.79 Å². The van der Waals surface area contributed by atoms with Crippen molar-refractivity contribution in [2.24, 2.45) is 0 Å². The highest BCUT2D eigenvalue weighted by molar-refractivity contribution is 7.99. The third-order valence-corrected chi connectivity index (χ3v) is 6.51. The standard InChI is InChI=1S/C23H18N4OS2/c1-16-7-5-6-10-20(16)27-12-11-25-23(27)30-15-21(28)18(13-24)22-26-19(14-29-22)17-8-3-2-4-9-17/h2-12,14,18H,15H2,1H3. The number of hydrogen-bond acceptors (Lipinski definition) is 6. The molecular weight excluding hydrogens is 412 g/mol. The van der Waals surface area contributed by atoms with Crippen LogP contribution in [0.1, 0.15) is 16.5 Å². The number of aromatic nitrogens is 3. The maximum Gasteiger partial charge on any atom is 0.173 e. The molecular formula is C23H18N4OS2. The van der Waals surface area contributed by atoms with E-state index in [-0.39, 0.29) is 11.5 Å². The van der Waals surface area contributed by atoms with E-state index < -0.39 is 5.92 Å². The zero-order valence-electron chi connectivity index (χ0n) is 16.2. The quantitative estimate of drug-likeness (QED) is 0.373. The van der Waals surface area contributed by atoms with E-state index in [1.54, 1.807) is 6.20 Å². The number of benzene rings is 2. The molecule has 0 radical (unpaired) electrons. The van der Waals surface area contributed by atoms with Crippen molar-refractivity contribution in [3.8, 4) is 23.0 Å². The van der Waals surface area contributed by atoms with Crippen LogP contribution in [0.2, 0.25) is 0 Å². The summed E-state index contributed by atoms with van der Waals surface area (Å²) in [6.07, 6.45) is 3.60. The molecule has 0 aliphatic heterocycles. The summed E-state index contributed by atoms with van der Waals surface area (Å²) >= 11 is 2.68. The van der Waals surface area contributed by atoms with Crippen LogP contribution in [0, 0.1) is 18.3 Å². The highest BCUT2D eigenvalue weighted by Gasteiger charge is 2.24. The van der Waals surface area contributed by atoms with Crippen molar-refractivity contribution in [1.29, 1.82) is 5.26 Å². The van der Waals surface area contributed by atoms with Crippen LogP contribution in [0.3, 0.4) is 0 Å². The van der Waals surface area contributed by atoms with Crippen molar-refractivity contribution in [2.45, 2.75) is 18.0 Å². The van der Waals surface area contributed by atoms with Gasteiger partial charge in [-0.25, -0.2) is 9.97 Å². The number of carbonyl (C=O) groups is 1. The number of ketones is 1. The van der Waals surface area contributed by atoms with Gasteiger partial charge in [-0.15, -0.1) is 11.3 Å². The van der Waals surface area contributed by atoms with Crippen LogP contribution in [0.5, 0.6) is 0 Å². The molecule has 2 aromatic carbocycles. The summed E-state index contributed by atoms with van der Waals surface area (Å²) in [6, 6.07) is 19.9. The highest BCUT2D eigenvalue weighted by atomic mass is 32.2. The van der Waals surface area contributed by atoms with Crippen LogP contribution < -0.4 is 0 Å². The molecule has 1 unspecified atom stereocenters. The van der Waals surface area contributed by atoms with Gasteiger partial charge in [-0.1, -0.05) is 60.3 Å². The highest BCUT2D eigenvalue weighted by Crippen LogP contribution is 2.29. The molecule has 30 heavy (non-hydrogen) atoms. The molecule has 0 bridgehead atoms. The summed E-state index contributed by atoms with van der Waals surface area (Å²) in [6.45, 7) is 2.04. The number of nitrogens with zero attached hydrogens (tertiary/aromatic N) is 4. The van der Waals surface area contributed by atoms with E-state index in [4.69, 9.17) is 0 Å². The van der Waals surface area contributed by atoms with E-state index in [9.17, 15) is 10.1 Å². The molecule has 7 heteroatoms. The van der Waals surface area contributed by atoms with Gasteiger partial charge in [-0.05, 0) is 18.6 Å². The van der Waals surface area contributed by atoms with Gasteiger partial charge in [0.2, 0.25) is 0 Å². The second kappa shape index (κ2) is 9.08. The number of carbonyl (C=O) groups excluding carboxylic acids is 1. The summed E-state index contributed by atoms with van der Waals surface area (Å²) < 4.78 is 1.96. The Kier molecular flexibility index (Phi) is 6.07. The topological polar surface area (TPSA) is 71.6 Å². The fraction of sp³-hybridized carbons (Fsp3) is 0.130. The van der Waals surface area contributed by atoms with Crippen molar-refractivity contribution in [2.75, 3.05) is 5.75 Å². The number of thiazole rings is 1. The first-order chi connectivity index (χ1) is 14.7. The third-order valence-electron chi connectivity index (χ3n) is 4.61. The smallest absolute Gasteiger partial charge is 0.173 e. The lowest BCUT2D eigenvalue weighted by Crippen LogP contribution is -2.13. The van der Waals surface area contributed by atoms with Crippen LogP contribution in [-0.4, -0.2) is 26.1 Å². The SMILES string of the molecule is Cc1ccccc1-n1ccnc1SCC(=O)C(C#N)c1nc(-c2ccccc2)cs1. The van der Waals surface area contributed by atoms with E-state index in [1.165, 1.54) is 23.1 Å². The van der Waals surface area contributed by atoms with Crippen LogP contribution in [0.4, 0.5) is 0 Å². The summed E-state index contributed by atoms with van der Waals surface area (Å²) in [5, 5.41) is 12.8. The van der Waals surface area contributed by atoms with Crippen LogP contribution in [0.25, 0.3) is 16.9 Å². The second-order valence-corrected chi connectivity index (χ2v) is 8.45. The van der Waals surface area contributed by atoms with E-state index in [1.807, 2.05) is 77.7 Å². The van der Waals surface area contributed by atoms with E-state index in [0.717, 1.165) is 27.7 Å². The molecule has 0 spiro atoms. The Morgan fingerprint density at radius 1 is 1.20 bits per heavy atom. The Hall–Kier alpha value is -3.21. The van der Waals surface area contributed by atoms with Crippen LogP contribution >= 0.6 is 23.1 Å². The number of nitriles is 1. The first-order valence-corrected chi connectivity index (χ1v) is 11.2. The predicted molar refractivity (Wildman–Crippen MR) is 120 cm³/mol. The molecule has 0 saturated carbocycles. The van der Waals surface area contributed by atoms with Gasteiger partial charge in [0.15, 0.2) is 16.9 Å². The van der Waals surface area contributed by atoms with E-state index >= 15 is 0 Å². The van der Waals surface area contributed by atoms with Gasteiger partial charge in [0.05, 0.1) is 23.2 Å². The summed E-state index contributed by atoms with van der Waals surface area (Å²) in [7, 11) is 0. The Bertz CT molecular complexity index is 1210. The van der Waals surface area contributed by atoms with Crippen molar-refractivity contribution >= 4 is 28.9 Å². The Morgan fingerprint density at radius 3 is 2.73 bits per heavy atom. The van der Waals surface area contributed by atoms with Gasteiger partial charge < -0.3 is 0 Å². The van der Waals surface area contributed by atoms with Gasteiger partial charge in [0.1, 0.15) is 5.01 Å². The van der Waals surface area contributed by atoms with Gasteiger partial charge >= 0.3 is 0 Å². The van der Waals surface area contributed by atoms with E-state index in [0.29, 0.717) is 5.01 Å².